The molecule has 0 radical (unpaired) electrons. The summed E-state index contributed by atoms with van der Waals surface area (Å²) in [5.41, 5.74) is 3.38. The van der Waals surface area contributed by atoms with E-state index >= 15 is 0 Å². The molecule has 0 bridgehead atoms. The van der Waals surface area contributed by atoms with Gasteiger partial charge in [0.25, 0.3) is 11.8 Å². The number of para-hydroxylation sites is 1. The van der Waals surface area contributed by atoms with Crippen molar-refractivity contribution in [1.29, 1.82) is 0 Å². The van der Waals surface area contributed by atoms with Crippen molar-refractivity contribution >= 4 is 80.3 Å². The summed E-state index contributed by atoms with van der Waals surface area (Å²) < 4.78 is 0.336. The SMILES string of the molecule is O=C1C(=C2SC(=S)N(c3ccc(Cl)c(Cl)c3)C2=O)c2ccccc2N1Cc1ccccc1. The maximum Gasteiger partial charge on any atom is 0.271 e. The average molecular weight is 497 g/mol. The molecule has 0 aromatic heterocycles. The number of anilines is 2. The highest BCUT2D eigenvalue weighted by Gasteiger charge is 2.42. The lowest BCUT2D eigenvalue weighted by molar-refractivity contribution is -0.115. The lowest BCUT2D eigenvalue weighted by Gasteiger charge is -2.17. The van der Waals surface area contributed by atoms with Gasteiger partial charge in [0.15, 0.2) is 4.32 Å². The van der Waals surface area contributed by atoms with E-state index in [2.05, 4.69) is 0 Å². The smallest absolute Gasteiger partial charge is 0.271 e. The van der Waals surface area contributed by atoms with Crippen molar-refractivity contribution in [2.45, 2.75) is 6.54 Å². The molecular weight excluding hydrogens is 483 g/mol. The minimum Gasteiger partial charge on any atom is -0.303 e. The molecule has 2 heterocycles. The van der Waals surface area contributed by atoms with E-state index in [9.17, 15) is 9.59 Å². The molecule has 158 valence electrons. The van der Waals surface area contributed by atoms with Crippen LogP contribution in [0.3, 0.4) is 0 Å². The van der Waals surface area contributed by atoms with Gasteiger partial charge < -0.3 is 4.90 Å². The lowest BCUT2D eigenvalue weighted by atomic mass is 10.1. The van der Waals surface area contributed by atoms with E-state index in [0.29, 0.717) is 37.1 Å². The monoisotopic (exact) mass is 496 g/mol. The van der Waals surface area contributed by atoms with E-state index in [-0.39, 0.29) is 11.8 Å². The molecule has 0 saturated carbocycles. The maximum atomic E-state index is 13.6. The topological polar surface area (TPSA) is 40.6 Å². The molecule has 2 aliphatic heterocycles. The Balaban J connectivity index is 1.58. The molecule has 1 saturated heterocycles. The van der Waals surface area contributed by atoms with Crippen molar-refractivity contribution in [1.82, 2.24) is 0 Å². The highest BCUT2D eigenvalue weighted by Crippen LogP contribution is 2.46. The van der Waals surface area contributed by atoms with Gasteiger partial charge in [-0.25, -0.2) is 0 Å². The van der Waals surface area contributed by atoms with E-state index in [1.807, 2.05) is 54.6 Å². The van der Waals surface area contributed by atoms with Crippen molar-refractivity contribution in [3.05, 3.63) is 98.9 Å². The fourth-order valence-corrected chi connectivity index (χ4v) is 5.45. The first-order valence-electron chi connectivity index (χ1n) is 9.66. The standard InChI is InChI=1S/C24H14Cl2N2O2S2/c25-17-11-10-15(12-18(17)26)28-23(30)21(32-24(28)31)20-16-8-4-5-9-19(16)27(22(20)29)13-14-6-2-1-3-7-14/h1-12H,13H2. The van der Waals surface area contributed by atoms with Gasteiger partial charge in [-0.1, -0.05) is 95.7 Å². The Morgan fingerprint density at radius 2 is 1.56 bits per heavy atom. The number of halogens is 2. The number of nitrogens with zero attached hydrogens (tertiary/aromatic N) is 2. The second kappa shape index (κ2) is 8.37. The van der Waals surface area contributed by atoms with Gasteiger partial charge in [-0.15, -0.1) is 0 Å². The molecule has 0 aliphatic carbocycles. The lowest BCUT2D eigenvalue weighted by Crippen LogP contribution is -2.29. The van der Waals surface area contributed by atoms with Gasteiger partial charge in [-0.3, -0.25) is 14.5 Å². The summed E-state index contributed by atoms with van der Waals surface area (Å²) in [6, 6.07) is 22.1. The molecule has 4 nitrogen and oxygen atoms in total. The van der Waals surface area contributed by atoms with Gasteiger partial charge >= 0.3 is 0 Å². The highest BCUT2D eigenvalue weighted by atomic mass is 35.5. The van der Waals surface area contributed by atoms with Crippen LogP contribution >= 0.6 is 47.2 Å². The van der Waals surface area contributed by atoms with Crippen LogP contribution in [0.5, 0.6) is 0 Å². The number of amides is 2. The van der Waals surface area contributed by atoms with Gasteiger partial charge in [0.2, 0.25) is 0 Å². The van der Waals surface area contributed by atoms with Crippen LogP contribution in [-0.4, -0.2) is 16.1 Å². The van der Waals surface area contributed by atoms with E-state index in [4.69, 9.17) is 35.4 Å². The van der Waals surface area contributed by atoms with E-state index in [1.54, 1.807) is 23.1 Å². The Hall–Kier alpha value is -2.64. The number of carbonyl (C=O) groups excluding carboxylic acids is 2. The summed E-state index contributed by atoms with van der Waals surface area (Å²) in [5.74, 6) is -0.567. The Labute approximate surface area is 204 Å². The molecule has 2 aliphatic rings. The molecule has 1 fully saturated rings. The Morgan fingerprint density at radius 3 is 2.31 bits per heavy atom. The molecule has 32 heavy (non-hydrogen) atoms. The third kappa shape index (κ3) is 3.53. The summed E-state index contributed by atoms with van der Waals surface area (Å²) in [6.07, 6.45) is 0. The molecule has 0 atom stereocenters. The van der Waals surface area contributed by atoms with Crippen molar-refractivity contribution in [2.24, 2.45) is 0 Å². The van der Waals surface area contributed by atoms with Crippen LogP contribution in [-0.2, 0) is 16.1 Å². The second-order valence-electron chi connectivity index (χ2n) is 7.21. The van der Waals surface area contributed by atoms with Crippen molar-refractivity contribution in [2.75, 3.05) is 9.80 Å². The normalized spacial score (nSPS) is 18.0. The fraction of sp³-hybridized carbons (Fsp3) is 0.0417. The summed E-state index contributed by atoms with van der Waals surface area (Å²) in [7, 11) is 0. The quantitative estimate of drug-likeness (QED) is 0.314. The van der Waals surface area contributed by atoms with E-state index in [1.165, 1.54) is 4.90 Å². The number of fused-ring (bicyclic) bond motifs is 1. The van der Waals surface area contributed by atoms with Gasteiger partial charge in [-0.05, 0) is 29.8 Å². The van der Waals surface area contributed by atoms with Crippen LogP contribution in [0.1, 0.15) is 11.1 Å². The summed E-state index contributed by atoms with van der Waals surface area (Å²) in [6.45, 7) is 0.410. The zero-order valence-corrected chi connectivity index (χ0v) is 19.6. The molecule has 2 amide bonds. The summed E-state index contributed by atoms with van der Waals surface area (Å²) in [4.78, 5) is 30.4. The number of thioether (sulfide) groups is 1. The first-order chi connectivity index (χ1) is 15.5. The summed E-state index contributed by atoms with van der Waals surface area (Å²) in [5, 5.41) is 0.706. The predicted octanol–water partition coefficient (Wildman–Crippen LogP) is 6.32. The van der Waals surface area contributed by atoms with Crippen LogP contribution in [0.25, 0.3) is 5.57 Å². The van der Waals surface area contributed by atoms with Crippen LogP contribution in [0.4, 0.5) is 11.4 Å². The largest absolute Gasteiger partial charge is 0.303 e. The number of hydrogen-bond donors (Lipinski definition) is 0. The molecule has 0 unspecified atom stereocenters. The van der Waals surface area contributed by atoms with Gasteiger partial charge in [0.05, 0.1) is 38.4 Å². The second-order valence-corrected chi connectivity index (χ2v) is 9.66. The minimum absolute atomic E-state index is 0.218. The van der Waals surface area contributed by atoms with Crippen molar-refractivity contribution < 1.29 is 9.59 Å². The Kier molecular flexibility index (Phi) is 5.55. The number of thiocarbonyl (C=S) groups is 1. The zero-order valence-electron chi connectivity index (χ0n) is 16.4. The third-order valence-electron chi connectivity index (χ3n) is 5.26. The zero-order chi connectivity index (χ0) is 22.4. The Morgan fingerprint density at radius 1 is 0.844 bits per heavy atom. The number of benzene rings is 3. The molecule has 5 rings (SSSR count). The summed E-state index contributed by atoms with van der Waals surface area (Å²) >= 11 is 18.8. The molecular formula is C24H14Cl2N2O2S2. The molecule has 3 aromatic carbocycles. The van der Waals surface area contributed by atoms with Crippen molar-refractivity contribution in [3.63, 3.8) is 0 Å². The molecule has 0 N–H and O–H groups in total. The van der Waals surface area contributed by atoms with E-state index in [0.717, 1.165) is 28.6 Å². The van der Waals surface area contributed by atoms with Crippen LogP contribution < -0.4 is 9.80 Å². The third-order valence-corrected chi connectivity index (χ3v) is 7.38. The minimum atomic E-state index is -0.349. The average Bonchev–Trinajstić information content (AvgIpc) is 3.23. The number of carbonyl (C=O) groups is 2. The molecule has 3 aromatic rings. The van der Waals surface area contributed by atoms with Crippen LogP contribution in [0.15, 0.2) is 77.7 Å². The first kappa shape index (κ1) is 21.2. The van der Waals surface area contributed by atoms with Gasteiger partial charge in [-0.2, -0.15) is 0 Å². The number of hydrogen-bond acceptors (Lipinski definition) is 4. The number of rotatable bonds is 3. The van der Waals surface area contributed by atoms with E-state index < -0.39 is 0 Å². The first-order valence-corrected chi connectivity index (χ1v) is 11.6. The Bertz CT molecular complexity index is 1320. The van der Waals surface area contributed by atoms with Gasteiger partial charge in [0, 0.05) is 5.56 Å². The van der Waals surface area contributed by atoms with Crippen molar-refractivity contribution in [3.8, 4) is 0 Å². The van der Waals surface area contributed by atoms with Gasteiger partial charge in [0.1, 0.15) is 0 Å². The maximum absolute atomic E-state index is 13.6. The van der Waals surface area contributed by atoms with Crippen LogP contribution in [0, 0.1) is 0 Å². The predicted molar refractivity (Wildman–Crippen MR) is 135 cm³/mol. The fourth-order valence-electron chi connectivity index (χ4n) is 3.79. The highest BCUT2D eigenvalue weighted by molar-refractivity contribution is 8.27. The molecule has 8 heteroatoms. The molecule has 0 spiro atoms. The van der Waals surface area contributed by atoms with Crippen LogP contribution in [0.2, 0.25) is 10.0 Å².